The lowest BCUT2D eigenvalue weighted by molar-refractivity contribution is -0.141. The number of hydrogen-bond acceptors (Lipinski definition) is 4. The molecule has 4 rings (SSSR count). The van der Waals surface area contributed by atoms with Gasteiger partial charge in [-0.3, -0.25) is 9.59 Å². The maximum absolute atomic E-state index is 13.2. The molecule has 5 nitrogen and oxygen atoms in total. The van der Waals surface area contributed by atoms with E-state index in [0.29, 0.717) is 11.3 Å². The van der Waals surface area contributed by atoms with Gasteiger partial charge in [-0.2, -0.15) is 0 Å². The van der Waals surface area contributed by atoms with Gasteiger partial charge in [0.15, 0.2) is 0 Å². The zero-order valence-electron chi connectivity index (χ0n) is 17.6. The number of rotatable bonds is 4. The molecule has 30 heavy (non-hydrogen) atoms. The molecule has 2 aromatic rings. The van der Waals surface area contributed by atoms with E-state index in [2.05, 4.69) is 0 Å². The topological polar surface area (TPSA) is 66.8 Å². The Balaban J connectivity index is 1.96. The maximum atomic E-state index is 13.2. The quantitative estimate of drug-likeness (QED) is 0.456. The molecule has 1 N–H and O–H groups in total. The molecule has 1 amide bonds. The van der Waals surface area contributed by atoms with Gasteiger partial charge in [0.1, 0.15) is 11.5 Å². The Labute approximate surface area is 177 Å². The number of ketones is 1. The highest BCUT2D eigenvalue weighted by atomic mass is 16.5. The number of methoxy groups -OCH3 is 1. The normalized spacial score (nSPS) is 21.4. The van der Waals surface area contributed by atoms with Crippen LogP contribution in [0.25, 0.3) is 5.76 Å². The molecule has 156 valence electrons. The summed E-state index contributed by atoms with van der Waals surface area (Å²) in [4.78, 5) is 28.1. The van der Waals surface area contributed by atoms with Crippen LogP contribution in [-0.4, -0.2) is 34.8 Å². The monoisotopic (exact) mass is 405 g/mol. The molecule has 5 heteroatoms. The summed E-state index contributed by atoms with van der Waals surface area (Å²) in [5, 5.41) is 11.3. The summed E-state index contributed by atoms with van der Waals surface area (Å²) in [6, 6.07) is 12.6. The first kappa shape index (κ1) is 20.2. The van der Waals surface area contributed by atoms with Crippen LogP contribution in [0.5, 0.6) is 5.75 Å². The predicted octanol–water partition coefficient (Wildman–Crippen LogP) is 4.68. The van der Waals surface area contributed by atoms with Gasteiger partial charge in [0.05, 0.1) is 24.3 Å². The lowest BCUT2D eigenvalue weighted by Gasteiger charge is -2.31. The number of likely N-dealkylation sites (tertiary alicyclic amines) is 1. The van der Waals surface area contributed by atoms with E-state index in [9.17, 15) is 14.7 Å². The molecule has 1 aliphatic heterocycles. The molecule has 0 bridgehead atoms. The summed E-state index contributed by atoms with van der Waals surface area (Å²) < 4.78 is 5.43. The van der Waals surface area contributed by atoms with Gasteiger partial charge in [0.2, 0.25) is 0 Å². The number of amides is 1. The number of aliphatic hydroxyl groups excluding tert-OH is 1. The third-order valence-corrected chi connectivity index (χ3v) is 6.29. The molecule has 0 spiro atoms. The van der Waals surface area contributed by atoms with Crippen LogP contribution in [0.2, 0.25) is 0 Å². The predicted molar refractivity (Wildman–Crippen MR) is 115 cm³/mol. The molecule has 1 saturated carbocycles. The van der Waals surface area contributed by atoms with Crippen molar-refractivity contribution in [3.8, 4) is 5.75 Å². The molecule has 2 aliphatic rings. The summed E-state index contributed by atoms with van der Waals surface area (Å²) in [6.45, 7) is 3.88. The van der Waals surface area contributed by atoms with Crippen LogP contribution < -0.4 is 4.74 Å². The summed E-state index contributed by atoms with van der Waals surface area (Å²) in [6.07, 6.45) is 3.84. The molecular formula is C25H27NO4. The fourth-order valence-corrected chi connectivity index (χ4v) is 4.76. The van der Waals surface area contributed by atoms with E-state index in [-0.39, 0.29) is 17.4 Å². The SMILES string of the molecule is COc1ccc(C)cc1/C(O)=C1\C(=O)C(=O)N(C2CCCC2)C1c1ccccc1C. The first-order valence-corrected chi connectivity index (χ1v) is 10.4. The fraction of sp³-hybridized carbons (Fsp3) is 0.360. The minimum atomic E-state index is -0.629. The van der Waals surface area contributed by atoms with Gasteiger partial charge >= 0.3 is 0 Å². The second-order valence-corrected chi connectivity index (χ2v) is 8.20. The molecule has 2 fully saturated rings. The summed E-state index contributed by atoms with van der Waals surface area (Å²) in [5.41, 5.74) is 3.35. The van der Waals surface area contributed by atoms with Crippen molar-refractivity contribution < 1.29 is 19.4 Å². The lowest BCUT2D eigenvalue weighted by Crippen LogP contribution is -2.37. The number of hydrogen-bond donors (Lipinski definition) is 1. The number of aliphatic hydroxyl groups is 1. The third-order valence-electron chi connectivity index (χ3n) is 6.29. The number of carbonyl (C=O) groups is 2. The van der Waals surface area contributed by atoms with Crippen LogP contribution in [-0.2, 0) is 9.59 Å². The molecule has 1 aliphatic carbocycles. The number of Topliss-reactive ketones (excluding diaryl/α,β-unsaturated/α-hetero) is 1. The van der Waals surface area contributed by atoms with E-state index in [0.717, 1.165) is 42.4 Å². The standard InChI is InChI=1S/C25H27NO4/c1-15-12-13-20(30-3)19(14-15)23(27)21-22(18-11-7-4-8-16(18)2)26(25(29)24(21)28)17-9-5-6-10-17/h4,7-8,11-14,17,22,27H,5-6,9-10H2,1-3H3/b23-21+. The summed E-state index contributed by atoms with van der Waals surface area (Å²) in [5.74, 6) is -0.865. The number of ether oxygens (including phenoxy) is 1. The largest absolute Gasteiger partial charge is 0.507 e. The molecule has 1 heterocycles. The molecular weight excluding hydrogens is 378 g/mol. The highest BCUT2D eigenvalue weighted by Crippen LogP contribution is 2.45. The van der Waals surface area contributed by atoms with Crippen molar-refractivity contribution in [2.75, 3.05) is 7.11 Å². The highest BCUT2D eigenvalue weighted by Gasteiger charge is 2.49. The van der Waals surface area contributed by atoms with E-state index in [4.69, 9.17) is 4.74 Å². The van der Waals surface area contributed by atoms with Crippen molar-refractivity contribution in [3.05, 3.63) is 70.3 Å². The second-order valence-electron chi connectivity index (χ2n) is 8.20. The van der Waals surface area contributed by atoms with E-state index < -0.39 is 17.7 Å². The summed E-state index contributed by atoms with van der Waals surface area (Å²) >= 11 is 0. The van der Waals surface area contributed by atoms with Crippen LogP contribution in [0.1, 0.15) is 54.0 Å². The summed E-state index contributed by atoms with van der Waals surface area (Å²) in [7, 11) is 1.53. The maximum Gasteiger partial charge on any atom is 0.295 e. The van der Waals surface area contributed by atoms with Crippen LogP contribution in [0.3, 0.4) is 0 Å². The molecule has 1 saturated heterocycles. The second kappa shape index (κ2) is 7.98. The van der Waals surface area contributed by atoms with Crippen molar-refractivity contribution in [2.24, 2.45) is 0 Å². The molecule has 0 aromatic heterocycles. The van der Waals surface area contributed by atoms with Gasteiger partial charge in [-0.1, -0.05) is 48.7 Å². The van der Waals surface area contributed by atoms with Crippen LogP contribution >= 0.6 is 0 Å². The van der Waals surface area contributed by atoms with Crippen LogP contribution in [0.4, 0.5) is 0 Å². The smallest absolute Gasteiger partial charge is 0.295 e. The van der Waals surface area contributed by atoms with Crippen molar-refractivity contribution in [3.63, 3.8) is 0 Å². The Hall–Kier alpha value is -3.08. The third kappa shape index (κ3) is 3.28. The van der Waals surface area contributed by atoms with Crippen LogP contribution in [0, 0.1) is 13.8 Å². The van der Waals surface area contributed by atoms with E-state index in [1.54, 1.807) is 17.0 Å². The molecule has 2 aromatic carbocycles. The molecule has 1 atom stereocenters. The zero-order valence-corrected chi connectivity index (χ0v) is 17.6. The van der Waals surface area contributed by atoms with Gasteiger partial charge < -0.3 is 14.7 Å². The van der Waals surface area contributed by atoms with Crippen molar-refractivity contribution >= 4 is 17.4 Å². The van der Waals surface area contributed by atoms with Gasteiger partial charge in [0, 0.05) is 6.04 Å². The van der Waals surface area contributed by atoms with E-state index >= 15 is 0 Å². The highest BCUT2D eigenvalue weighted by molar-refractivity contribution is 6.46. The molecule has 0 radical (unpaired) electrons. The Morgan fingerprint density at radius 3 is 2.43 bits per heavy atom. The van der Waals surface area contributed by atoms with Crippen molar-refractivity contribution in [2.45, 2.75) is 51.6 Å². The fourth-order valence-electron chi connectivity index (χ4n) is 4.76. The van der Waals surface area contributed by atoms with Crippen molar-refractivity contribution in [1.29, 1.82) is 0 Å². The Morgan fingerprint density at radius 2 is 1.77 bits per heavy atom. The number of aryl methyl sites for hydroxylation is 2. The van der Waals surface area contributed by atoms with Gasteiger partial charge in [-0.15, -0.1) is 0 Å². The Kier molecular flexibility index (Phi) is 5.37. The molecule has 1 unspecified atom stereocenters. The van der Waals surface area contributed by atoms with Gasteiger partial charge in [0.25, 0.3) is 11.7 Å². The van der Waals surface area contributed by atoms with Crippen LogP contribution in [0.15, 0.2) is 48.0 Å². The van der Waals surface area contributed by atoms with E-state index in [1.165, 1.54) is 7.11 Å². The Morgan fingerprint density at radius 1 is 1.07 bits per heavy atom. The Bertz CT molecular complexity index is 1030. The number of carbonyl (C=O) groups excluding carboxylic acids is 2. The number of nitrogens with zero attached hydrogens (tertiary/aromatic N) is 1. The average Bonchev–Trinajstić information content (AvgIpc) is 3.35. The average molecular weight is 405 g/mol. The zero-order chi connectivity index (χ0) is 21.4. The minimum Gasteiger partial charge on any atom is -0.507 e. The minimum absolute atomic E-state index is 0.00996. The number of benzene rings is 2. The lowest BCUT2D eigenvalue weighted by atomic mass is 9.91. The first-order chi connectivity index (χ1) is 14.4. The van der Waals surface area contributed by atoms with E-state index in [1.807, 2.05) is 44.2 Å². The first-order valence-electron chi connectivity index (χ1n) is 10.4. The van der Waals surface area contributed by atoms with Gasteiger partial charge in [-0.25, -0.2) is 0 Å². The van der Waals surface area contributed by atoms with Crippen molar-refractivity contribution in [1.82, 2.24) is 4.90 Å². The van der Waals surface area contributed by atoms with Gasteiger partial charge in [-0.05, 0) is 49.9 Å².